The van der Waals surface area contributed by atoms with E-state index in [0.29, 0.717) is 0 Å². The van der Waals surface area contributed by atoms with Crippen LogP contribution in [0.1, 0.15) is 50.8 Å². The molecule has 1 atom stereocenters. The van der Waals surface area contributed by atoms with E-state index in [0.717, 1.165) is 24.0 Å². The van der Waals surface area contributed by atoms with Crippen LogP contribution in [-0.2, 0) is 6.54 Å². The Morgan fingerprint density at radius 1 is 1.28 bits per heavy atom. The van der Waals surface area contributed by atoms with Gasteiger partial charge < -0.3 is 0 Å². The van der Waals surface area contributed by atoms with Gasteiger partial charge in [0.1, 0.15) is 5.82 Å². The summed E-state index contributed by atoms with van der Waals surface area (Å²) in [5.41, 5.74) is 2.24. The number of hydrogen-bond donors (Lipinski definition) is 0. The van der Waals surface area contributed by atoms with E-state index in [1.54, 1.807) is 0 Å². The Kier molecular flexibility index (Phi) is 6.27. The second kappa shape index (κ2) is 7.47. The SMILES string of the molecule is CC.Cc1cc(CN2CCCC(C)C2)nc(C)n1. The van der Waals surface area contributed by atoms with Crippen molar-refractivity contribution >= 4 is 0 Å². The molecule has 0 spiro atoms. The zero-order chi connectivity index (χ0) is 13.5. The van der Waals surface area contributed by atoms with Crippen LogP contribution in [0, 0.1) is 19.8 Å². The summed E-state index contributed by atoms with van der Waals surface area (Å²) in [5.74, 6) is 1.72. The first kappa shape index (κ1) is 15.1. The van der Waals surface area contributed by atoms with Gasteiger partial charge in [0.05, 0.1) is 5.69 Å². The van der Waals surface area contributed by atoms with Gasteiger partial charge in [-0.25, -0.2) is 9.97 Å². The van der Waals surface area contributed by atoms with Crippen molar-refractivity contribution in [3.05, 3.63) is 23.3 Å². The third kappa shape index (κ3) is 4.73. The van der Waals surface area contributed by atoms with Gasteiger partial charge in [-0.2, -0.15) is 0 Å². The molecule has 1 aromatic heterocycles. The number of hydrogen-bond acceptors (Lipinski definition) is 3. The van der Waals surface area contributed by atoms with Crippen molar-refractivity contribution < 1.29 is 0 Å². The molecule has 1 aromatic rings. The highest BCUT2D eigenvalue weighted by Crippen LogP contribution is 2.17. The van der Waals surface area contributed by atoms with Gasteiger partial charge in [0, 0.05) is 18.8 Å². The summed E-state index contributed by atoms with van der Waals surface area (Å²) in [7, 11) is 0. The Morgan fingerprint density at radius 2 is 2.00 bits per heavy atom. The maximum absolute atomic E-state index is 4.50. The van der Waals surface area contributed by atoms with Crippen molar-refractivity contribution in [1.82, 2.24) is 14.9 Å². The average molecular weight is 249 g/mol. The van der Waals surface area contributed by atoms with E-state index in [9.17, 15) is 0 Å². The van der Waals surface area contributed by atoms with Gasteiger partial charge in [-0.05, 0) is 45.2 Å². The molecule has 0 aliphatic carbocycles. The zero-order valence-electron chi connectivity index (χ0n) is 12.5. The largest absolute Gasteiger partial charge is 0.297 e. The fraction of sp³-hybridized carbons (Fsp3) is 0.733. The van der Waals surface area contributed by atoms with Crippen molar-refractivity contribution in [2.24, 2.45) is 5.92 Å². The Labute approximate surface area is 112 Å². The summed E-state index contributed by atoms with van der Waals surface area (Å²) in [6, 6.07) is 2.10. The minimum atomic E-state index is 0.831. The maximum atomic E-state index is 4.50. The molecule has 0 radical (unpaired) electrons. The summed E-state index contributed by atoms with van der Waals surface area (Å²) in [4.78, 5) is 11.3. The molecule has 3 nitrogen and oxygen atoms in total. The normalized spacial score (nSPS) is 20.2. The molecule has 1 saturated heterocycles. The van der Waals surface area contributed by atoms with Gasteiger partial charge in [-0.15, -0.1) is 0 Å². The smallest absolute Gasteiger partial charge is 0.125 e. The number of nitrogens with zero attached hydrogens (tertiary/aromatic N) is 3. The highest BCUT2D eigenvalue weighted by atomic mass is 15.1. The van der Waals surface area contributed by atoms with Crippen molar-refractivity contribution in [3.63, 3.8) is 0 Å². The van der Waals surface area contributed by atoms with Gasteiger partial charge in [0.25, 0.3) is 0 Å². The van der Waals surface area contributed by atoms with E-state index in [1.165, 1.54) is 31.6 Å². The molecule has 18 heavy (non-hydrogen) atoms. The first-order chi connectivity index (χ1) is 8.63. The van der Waals surface area contributed by atoms with Gasteiger partial charge in [0.15, 0.2) is 0 Å². The quantitative estimate of drug-likeness (QED) is 0.805. The average Bonchev–Trinajstić information content (AvgIpc) is 2.30. The van der Waals surface area contributed by atoms with Crippen molar-refractivity contribution in [2.45, 2.75) is 54.0 Å². The fourth-order valence-electron chi connectivity index (χ4n) is 2.53. The molecule has 1 fully saturated rings. The van der Waals surface area contributed by atoms with Crippen LogP contribution in [0.15, 0.2) is 6.07 Å². The Bertz CT molecular complexity index is 343. The lowest BCUT2D eigenvalue weighted by molar-refractivity contribution is 0.174. The standard InChI is InChI=1S/C13H21N3.C2H6/c1-10-5-4-6-16(8-10)9-13-7-11(2)14-12(3)15-13;1-2/h7,10H,4-6,8-9H2,1-3H3;1-2H3. The summed E-state index contributed by atoms with van der Waals surface area (Å²) < 4.78 is 0. The highest BCUT2D eigenvalue weighted by molar-refractivity contribution is 5.09. The van der Waals surface area contributed by atoms with Gasteiger partial charge in [0.2, 0.25) is 0 Å². The van der Waals surface area contributed by atoms with Crippen molar-refractivity contribution in [1.29, 1.82) is 0 Å². The molecule has 0 bridgehead atoms. The van der Waals surface area contributed by atoms with Crippen LogP contribution in [0.5, 0.6) is 0 Å². The number of aromatic nitrogens is 2. The molecule has 102 valence electrons. The lowest BCUT2D eigenvalue weighted by Gasteiger charge is -2.30. The van der Waals surface area contributed by atoms with Crippen LogP contribution in [0.4, 0.5) is 0 Å². The number of aryl methyl sites for hydroxylation is 2. The monoisotopic (exact) mass is 249 g/mol. The first-order valence-electron chi connectivity index (χ1n) is 7.17. The number of piperidine rings is 1. The fourth-order valence-corrected chi connectivity index (χ4v) is 2.53. The first-order valence-corrected chi connectivity index (χ1v) is 7.17. The van der Waals surface area contributed by atoms with Crippen LogP contribution in [-0.4, -0.2) is 28.0 Å². The van der Waals surface area contributed by atoms with E-state index in [1.807, 2.05) is 27.7 Å². The zero-order valence-corrected chi connectivity index (χ0v) is 12.5. The Hall–Kier alpha value is -0.960. The molecular formula is C15H27N3. The highest BCUT2D eigenvalue weighted by Gasteiger charge is 2.16. The summed E-state index contributed by atoms with van der Waals surface area (Å²) in [6.07, 6.45) is 2.70. The summed E-state index contributed by atoms with van der Waals surface area (Å²) in [6.45, 7) is 13.7. The van der Waals surface area contributed by atoms with E-state index in [-0.39, 0.29) is 0 Å². The van der Waals surface area contributed by atoms with E-state index in [2.05, 4.69) is 27.9 Å². The lowest BCUT2D eigenvalue weighted by atomic mass is 10.0. The van der Waals surface area contributed by atoms with Gasteiger partial charge in [-0.1, -0.05) is 20.8 Å². The van der Waals surface area contributed by atoms with Crippen LogP contribution >= 0.6 is 0 Å². The Balaban J connectivity index is 0.000000771. The molecule has 0 N–H and O–H groups in total. The molecule has 1 aliphatic rings. The maximum Gasteiger partial charge on any atom is 0.125 e. The van der Waals surface area contributed by atoms with Crippen molar-refractivity contribution in [3.8, 4) is 0 Å². The van der Waals surface area contributed by atoms with E-state index in [4.69, 9.17) is 0 Å². The predicted octanol–water partition coefficient (Wildman–Crippen LogP) is 3.35. The summed E-state index contributed by atoms with van der Waals surface area (Å²) in [5, 5.41) is 0. The third-order valence-corrected chi connectivity index (χ3v) is 3.15. The molecule has 0 aromatic carbocycles. The van der Waals surface area contributed by atoms with Gasteiger partial charge >= 0.3 is 0 Å². The second-order valence-electron chi connectivity index (χ2n) is 5.03. The predicted molar refractivity (Wildman–Crippen MR) is 76.5 cm³/mol. The molecule has 3 heteroatoms. The molecule has 0 saturated carbocycles. The van der Waals surface area contributed by atoms with E-state index < -0.39 is 0 Å². The van der Waals surface area contributed by atoms with Crippen LogP contribution < -0.4 is 0 Å². The molecule has 2 heterocycles. The van der Waals surface area contributed by atoms with Gasteiger partial charge in [-0.3, -0.25) is 4.90 Å². The third-order valence-electron chi connectivity index (χ3n) is 3.15. The molecule has 0 amide bonds. The Morgan fingerprint density at radius 3 is 2.61 bits per heavy atom. The number of likely N-dealkylation sites (tertiary alicyclic amines) is 1. The van der Waals surface area contributed by atoms with Crippen LogP contribution in [0.2, 0.25) is 0 Å². The second-order valence-corrected chi connectivity index (χ2v) is 5.03. The van der Waals surface area contributed by atoms with Crippen LogP contribution in [0.3, 0.4) is 0 Å². The molecule has 2 rings (SSSR count). The van der Waals surface area contributed by atoms with Crippen LogP contribution in [0.25, 0.3) is 0 Å². The molecular weight excluding hydrogens is 222 g/mol. The van der Waals surface area contributed by atoms with Crippen molar-refractivity contribution in [2.75, 3.05) is 13.1 Å². The topological polar surface area (TPSA) is 29.0 Å². The minimum Gasteiger partial charge on any atom is -0.297 e. The lowest BCUT2D eigenvalue weighted by Crippen LogP contribution is -2.34. The van der Waals surface area contributed by atoms with E-state index >= 15 is 0 Å². The minimum absolute atomic E-state index is 0.831. The molecule has 1 unspecified atom stereocenters. The molecule has 1 aliphatic heterocycles. The summed E-state index contributed by atoms with van der Waals surface area (Å²) >= 11 is 0. The number of rotatable bonds is 2.